The second-order valence-electron chi connectivity index (χ2n) is 6.08. The Morgan fingerprint density at radius 1 is 1.04 bits per heavy atom. The SMILES string of the molecule is CCc1ccc(NC(=O)c2c(N)n(-c3ccccc3)c(=O)n(C)c2=O)cc1. The number of nitrogens with one attached hydrogen (secondary N) is 1. The Morgan fingerprint density at radius 3 is 2.26 bits per heavy atom. The van der Waals surface area contributed by atoms with Crippen molar-refractivity contribution in [2.24, 2.45) is 7.05 Å². The van der Waals surface area contributed by atoms with Crippen molar-refractivity contribution in [3.63, 3.8) is 0 Å². The summed E-state index contributed by atoms with van der Waals surface area (Å²) >= 11 is 0. The van der Waals surface area contributed by atoms with Gasteiger partial charge in [0, 0.05) is 12.7 Å². The number of rotatable bonds is 4. The van der Waals surface area contributed by atoms with Gasteiger partial charge in [-0.25, -0.2) is 9.36 Å². The zero-order chi connectivity index (χ0) is 19.6. The molecular weight excluding hydrogens is 344 g/mol. The van der Waals surface area contributed by atoms with E-state index in [0.717, 1.165) is 21.1 Å². The quantitative estimate of drug-likeness (QED) is 0.739. The van der Waals surface area contributed by atoms with Gasteiger partial charge in [-0.3, -0.25) is 14.2 Å². The second kappa shape index (κ2) is 7.33. The molecule has 138 valence electrons. The number of carbonyl (C=O) groups is 1. The Balaban J connectivity index is 2.09. The van der Waals surface area contributed by atoms with Crippen LogP contribution in [-0.4, -0.2) is 15.0 Å². The summed E-state index contributed by atoms with van der Waals surface area (Å²) in [5.41, 5.74) is 6.57. The Bertz CT molecular complexity index is 1100. The minimum absolute atomic E-state index is 0.197. The number of amides is 1. The molecule has 7 heteroatoms. The highest BCUT2D eigenvalue weighted by atomic mass is 16.2. The summed E-state index contributed by atoms with van der Waals surface area (Å²) in [6.45, 7) is 2.03. The molecule has 2 aromatic carbocycles. The Morgan fingerprint density at radius 2 is 1.67 bits per heavy atom. The summed E-state index contributed by atoms with van der Waals surface area (Å²) in [6, 6.07) is 15.9. The molecule has 1 heterocycles. The zero-order valence-corrected chi connectivity index (χ0v) is 15.1. The first-order valence-electron chi connectivity index (χ1n) is 8.51. The molecule has 1 aromatic heterocycles. The van der Waals surface area contributed by atoms with Crippen LogP contribution in [0.3, 0.4) is 0 Å². The molecule has 1 amide bonds. The predicted molar refractivity (Wildman–Crippen MR) is 105 cm³/mol. The van der Waals surface area contributed by atoms with Gasteiger partial charge in [-0.1, -0.05) is 37.3 Å². The topological polar surface area (TPSA) is 99.1 Å². The van der Waals surface area contributed by atoms with Crippen LogP contribution in [0.2, 0.25) is 0 Å². The van der Waals surface area contributed by atoms with Gasteiger partial charge in [-0.2, -0.15) is 0 Å². The van der Waals surface area contributed by atoms with E-state index in [4.69, 9.17) is 5.73 Å². The molecule has 7 nitrogen and oxygen atoms in total. The Labute approximate surface area is 155 Å². The molecule has 0 unspecified atom stereocenters. The van der Waals surface area contributed by atoms with Crippen molar-refractivity contribution >= 4 is 17.4 Å². The molecule has 0 saturated heterocycles. The summed E-state index contributed by atoms with van der Waals surface area (Å²) in [4.78, 5) is 37.8. The highest BCUT2D eigenvalue weighted by Gasteiger charge is 2.22. The van der Waals surface area contributed by atoms with Gasteiger partial charge in [0.2, 0.25) is 0 Å². The van der Waals surface area contributed by atoms with Crippen LogP contribution >= 0.6 is 0 Å². The number of anilines is 2. The van der Waals surface area contributed by atoms with Crippen molar-refractivity contribution in [3.8, 4) is 5.69 Å². The average Bonchev–Trinajstić information content (AvgIpc) is 2.68. The van der Waals surface area contributed by atoms with Crippen molar-refractivity contribution in [2.75, 3.05) is 11.1 Å². The van der Waals surface area contributed by atoms with Crippen molar-refractivity contribution < 1.29 is 4.79 Å². The van der Waals surface area contributed by atoms with Gasteiger partial charge in [-0.15, -0.1) is 0 Å². The zero-order valence-electron chi connectivity index (χ0n) is 15.1. The number of benzene rings is 2. The molecule has 3 rings (SSSR count). The van der Waals surface area contributed by atoms with Crippen molar-refractivity contribution in [2.45, 2.75) is 13.3 Å². The normalized spacial score (nSPS) is 10.6. The van der Waals surface area contributed by atoms with Gasteiger partial charge >= 0.3 is 5.69 Å². The van der Waals surface area contributed by atoms with Gasteiger partial charge in [0.05, 0.1) is 5.69 Å². The monoisotopic (exact) mass is 364 g/mol. The van der Waals surface area contributed by atoms with Crippen LogP contribution in [0, 0.1) is 0 Å². The van der Waals surface area contributed by atoms with Crippen LogP contribution in [-0.2, 0) is 13.5 Å². The lowest BCUT2D eigenvalue weighted by Gasteiger charge is -2.15. The number of hydrogen-bond donors (Lipinski definition) is 2. The Hall–Kier alpha value is -3.61. The third-order valence-electron chi connectivity index (χ3n) is 4.36. The first kappa shape index (κ1) is 18.2. The maximum absolute atomic E-state index is 12.7. The lowest BCUT2D eigenvalue weighted by molar-refractivity contribution is 0.102. The minimum atomic E-state index is -0.743. The Kier molecular flexibility index (Phi) is 4.94. The summed E-state index contributed by atoms with van der Waals surface area (Å²) in [7, 11) is 1.32. The van der Waals surface area contributed by atoms with E-state index in [-0.39, 0.29) is 11.4 Å². The molecule has 0 aliphatic carbocycles. The summed E-state index contributed by atoms with van der Waals surface area (Å²) in [5.74, 6) is -0.862. The molecule has 0 spiro atoms. The van der Waals surface area contributed by atoms with Gasteiger partial charge in [-0.05, 0) is 36.2 Å². The lowest BCUT2D eigenvalue weighted by Crippen LogP contribution is -2.43. The molecule has 27 heavy (non-hydrogen) atoms. The highest BCUT2D eigenvalue weighted by molar-refractivity contribution is 6.07. The largest absolute Gasteiger partial charge is 0.384 e. The van der Waals surface area contributed by atoms with Crippen LogP contribution in [0.25, 0.3) is 5.69 Å². The number of aromatic nitrogens is 2. The van der Waals surface area contributed by atoms with Gasteiger partial charge < -0.3 is 11.1 Å². The number of nitrogens with two attached hydrogens (primary N) is 1. The predicted octanol–water partition coefficient (Wildman–Crippen LogP) is 1.93. The molecule has 3 aromatic rings. The van der Waals surface area contributed by atoms with E-state index >= 15 is 0 Å². The van der Waals surface area contributed by atoms with Crippen LogP contribution in [0.15, 0.2) is 64.2 Å². The van der Waals surface area contributed by atoms with E-state index in [1.807, 2.05) is 19.1 Å². The van der Waals surface area contributed by atoms with E-state index in [1.165, 1.54) is 7.05 Å². The van der Waals surface area contributed by atoms with Crippen LogP contribution in [0.4, 0.5) is 11.5 Å². The van der Waals surface area contributed by atoms with Gasteiger partial charge in [0.15, 0.2) is 0 Å². The summed E-state index contributed by atoms with van der Waals surface area (Å²) < 4.78 is 2.02. The van der Waals surface area contributed by atoms with Crippen LogP contribution in [0.5, 0.6) is 0 Å². The van der Waals surface area contributed by atoms with E-state index < -0.39 is 17.2 Å². The number of aryl methyl sites for hydroxylation is 1. The third kappa shape index (κ3) is 3.39. The molecule has 0 radical (unpaired) electrons. The maximum atomic E-state index is 12.7. The third-order valence-corrected chi connectivity index (χ3v) is 4.36. The van der Waals surface area contributed by atoms with Gasteiger partial charge in [0.1, 0.15) is 11.4 Å². The highest BCUT2D eigenvalue weighted by Crippen LogP contribution is 2.15. The molecule has 0 saturated carbocycles. The van der Waals surface area contributed by atoms with Crippen molar-refractivity contribution in [3.05, 3.63) is 86.6 Å². The standard InChI is InChI=1S/C20H20N4O3/c1-3-13-9-11-14(12-10-13)22-18(25)16-17(21)24(15-7-5-4-6-8-15)20(27)23(2)19(16)26/h4-12H,3,21H2,1-2H3,(H,22,25). The summed E-state index contributed by atoms with van der Waals surface area (Å²) in [5, 5.41) is 2.67. The molecule has 0 aliphatic heterocycles. The van der Waals surface area contributed by atoms with E-state index in [1.54, 1.807) is 42.5 Å². The molecule has 3 N–H and O–H groups in total. The van der Waals surface area contributed by atoms with Crippen molar-refractivity contribution in [1.29, 1.82) is 0 Å². The van der Waals surface area contributed by atoms with Crippen LogP contribution in [0.1, 0.15) is 22.8 Å². The fraction of sp³-hybridized carbons (Fsp3) is 0.150. The second-order valence-corrected chi connectivity index (χ2v) is 6.08. The maximum Gasteiger partial charge on any atom is 0.336 e. The van der Waals surface area contributed by atoms with E-state index in [0.29, 0.717) is 11.4 Å². The molecule has 0 bridgehead atoms. The smallest absolute Gasteiger partial charge is 0.336 e. The van der Waals surface area contributed by atoms with Gasteiger partial charge in [0.25, 0.3) is 11.5 Å². The fourth-order valence-electron chi connectivity index (χ4n) is 2.79. The van der Waals surface area contributed by atoms with E-state index in [2.05, 4.69) is 5.32 Å². The average molecular weight is 364 g/mol. The lowest BCUT2D eigenvalue weighted by atomic mass is 10.1. The number of carbonyl (C=O) groups excluding carboxylic acids is 1. The fourth-order valence-corrected chi connectivity index (χ4v) is 2.79. The molecular formula is C20H20N4O3. The number of hydrogen-bond acceptors (Lipinski definition) is 4. The molecule has 0 aliphatic rings. The molecule has 0 atom stereocenters. The number of para-hydroxylation sites is 1. The van der Waals surface area contributed by atoms with Crippen LogP contribution < -0.4 is 22.3 Å². The first-order chi connectivity index (χ1) is 12.9. The number of nitrogens with zero attached hydrogens (tertiary/aromatic N) is 2. The first-order valence-corrected chi connectivity index (χ1v) is 8.51. The summed E-state index contributed by atoms with van der Waals surface area (Å²) in [6.07, 6.45) is 0.879. The number of nitrogen functional groups attached to an aromatic ring is 1. The van der Waals surface area contributed by atoms with E-state index in [9.17, 15) is 14.4 Å². The molecule has 0 fully saturated rings. The minimum Gasteiger partial charge on any atom is -0.384 e. The van der Waals surface area contributed by atoms with Crippen molar-refractivity contribution in [1.82, 2.24) is 9.13 Å².